The summed E-state index contributed by atoms with van der Waals surface area (Å²) in [6, 6.07) is 6.98. The van der Waals surface area contributed by atoms with E-state index >= 15 is 0 Å². The van der Waals surface area contributed by atoms with Gasteiger partial charge in [0.25, 0.3) is 0 Å². The second-order valence-corrected chi connectivity index (χ2v) is 5.35. The van der Waals surface area contributed by atoms with E-state index in [2.05, 4.69) is 45.9 Å². The minimum atomic E-state index is 0.310. The third-order valence-corrected chi connectivity index (χ3v) is 3.18. The van der Waals surface area contributed by atoms with E-state index in [1.54, 1.807) is 0 Å². The van der Waals surface area contributed by atoms with Crippen molar-refractivity contribution in [3.05, 3.63) is 34.9 Å². The Morgan fingerprint density at radius 2 is 1.75 bits per heavy atom. The smallest absolute Gasteiger partial charge is 0.00794 e. The number of hydrogen-bond donors (Lipinski definition) is 1. The zero-order valence-electron chi connectivity index (χ0n) is 11.1. The molecule has 0 radical (unpaired) electrons. The molecule has 1 heteroatoms. The number of hydrogen-bond acceptors (Lipinski definition) is 1. The van der Waals surface area contributed by atoms with Crippen molar-refractivity contribution in [1.82, 2.24) is 0 Å². The third kappa shape index (κ3) is 4.36. The maximum atomic E-state index is 6.14. The topological polar surface area (TPSA) is 26.0 Å². The first kappa shape index (κ1) is 13.2. The van der Waals surface area contributed by atoms with Crippen molar-refractivity contribution in [2.45, 2.75) is 53.0 Å². The molecule has 0 bridgehead atoms. The first-order valence-electron chi connectivity index (χ1n) is 6.30. The van der Waals surface area contributed by atoms with Gasteiger partial charge in [0.15, 0.2) is 0 Å². The largest absolute Gasteiger partial charge is 0.327 e. The fourth-order valence-electron chi connectivity index (χ4n) is 1.88. The van der Waals surface area contributed by atoms with Crippen LogP contribution in [0, 0.1) is 19.8 Å². The molecule has 0 aliphatic carbocycles. The van der Waals surface area contributed by atoms with Crippen LogP contribution < -0.4 is 5.73 Å². The molecule has 1 aromatic carbocycles. The maximum Gasteiger partial charge on any atom is 0.00794 e. The zero-order valence-corrected chi connectivity index (χ0v) is 11.1. The third-order valence-electron chi connectivity index (χ3n) is 3.18. The summed E-state index contributed by atoms with van der Waals surface area (Å²) in [4.78, 5) is 0. The monoisotopic (exact) mass is 219 g/mol. The van der Waals surface area contributed by atoms with Gasteiger partial charge in [-0.25, -0.2) is 0 Å². The van der Waals surface area contributed by atoms with E-state index in [1.807, 2.05) is 0 Å². The zero-order chi connectivity index (χ0) is 12.1. The molecule has 0 saturated carbocycles. The highest BCUT2D eigenvalue weighted by Gasteiger charge is 2.06. The highest BCUT2D eigenvalue weighted by molar-refractivity contribution is 5.30. The van der Waals surface area contributed by atoms with Gasteiger partial charge in [0, 0.05) is 6.04 Å². The summed E-state index contributed by atoms with van der Waals surface area (Å²) in [5, 5.41) is 0. The summed E-state index contributed by atoms with van der Waals surface area (Å²) < 4.78 is 0. The second-order valence-electron chi connectivity index (χ2n) is 5.35. The first-order valence-corrected chi connectivity index (χ1v) is 6.30. The van der Waals surface area contributed by atoms with Crippen LogP contribution >= 0.6 is 0 Å². The molecule has 16 heavy (non-hydrogen) atoms. The van der Waals surface area contributed by atoms with E-state index in [0.29, 0.717) is 6.04 Å². The summed E-state index contributed by atoms with van der Waals surface area (Å²) >= 11 is 0. The molecular formula is C15H25N. The molecule has 1 atom stereocenters. The Balaban J connectivity index is 2.49. The van der Waals surface area contributed by atoms with Gasteiger partial charge in [0.05, 0.1) is 0 Å². The fourth-order valence-corrected chi connectivity index (χ4v) is 1.88. The standard InChI is InChI=1S/C15H25N/c1-11(2)5-8-15(16)10-14-7-6-12(3)13(4)9-14/h6-7,9,11,15H,5,8,10,16H2,1-4H3. The SMILES string of the molecule is Cc1ccc(CC(N)CCC(C)C)cc1C. The van der Waals surface area contributed by atoms with Crippen LogP contribution in [0.1, 0.15) is 43.4 Å². The van der Waals surface area contributed by atoms with Crippen molar-refractivity contribution in [3.63, 3.8) is 0 Å². The maximum absolute atomic E-state index is 6.14. The van der Waals surface area contributed by atoms with Gasteiger partial charge < -0.3 is 5.73 Å². The van der Waals surface area contributed by atoms with Crippen LogP contribution in [0.3, 0.4) is 0 Å². The predicted octanol–water partition coefficient (Wildman–Crippen LogP) is 3.61. The van der Waals surface area contributed by atoms with Crippen LogP contribution in [-0.2, 0) is 6.42 Å². The first-order chi connectivity index (χ1) is 7.49. The minimum absolute atomic E-state index is 0.310. The Labute approximate surface area is 100 Å². The fraction of sp³-hybridized carbons (Fsp3) is 0.600. The van der Waals surface area contributed by atoms with Gasteiger partial charge in [-0.1, -0.05) is 32.0 Å². The molecule has 90 valence electrons. The molecule has 0 aliphatic heterocycles. The molecule has 0 saturated heterocycles. The number of benzene rings is 1. The van der Waals surface area contributed by atoms with Crippen LogP contribution in [0.2, 0.25) is 0 Å². The lowest BCUT2D eigenvalue weighted by atomic mass is 9.97. The van der Waals surface area contributed by atoms with Crippen molar-refractivity contribution in [3.8, 4) is 0 Å². The normalized spacial score (nSPS) is 13.1. The Morgan fingerprint density at radius 1 is 1.06 bits per heavy atom. The van der Waals surface area contributed by atoms with Gasteiger partial charge in [-0.05, 0) is 55.7 Å². The Hall–Kier alpha value is -0.820. The Morgan fingerprint density at radius 3 is 2.31 bits per heavy atom. The minimum Gasteiger partial charge on any atom is -0.327 e. The lowest BCUT2D eigenvalue weighted by molar-refractivity contribution is 0.495. The van der Waals surface area contributed by atoms with Gasteiger partial charge in [-0.2, -0.15) is 0 Å². The summed E-state index contributed by atoms with van der Waals surface area (Å²) in [5.41, 5.74) is 10.2. The van der Waals surface area contributed by atoms with Crippen molar-refractivity contribution in [2.75, 3.05) is 0 Å². The predicted molar refractivity (Wildman–Crippen MR) is 71.7 cm³/mol. The second kappa shape index (κ2) is 6.05. The molecule has 1 unspecified atom stereocenters. The highest BCUT2D eigenvalue weighted by atomic mass is 14.6. The molecule has 2 N–H and O–H groups in total. The molecule has 1 aromatic rings. The molecule has 0 aliphatic rings. The van der Waals surface area contributed by atoms with E-state index in [0.717, 1.165) is 18.8 Å². The van der Waals surface area contributed by atoms with Gasteiger partial charge in [-0.3, -0.25) is 0 Å². The van der Waals surface area contributed by atoms with E-state index < -0.39 is 0 Å². The highest BCUT2D eigenvalue weighted by Crippen LogP contribution is 2.13. The summed E-state index contributed by atoms with van der Waals surface area (Å²) in [5.74, 6) is 0.755. The lowest BCUT2D eigenvalue weighted by Crippen LogP contribution is -2.23. The van der Waals surface area contributed by atoms with E-state index in [9.17, 15) is 0 Å². The molecule has 0 amide bonds. The molecular weight excluding hydrogens is 194 g/mol. The van der Waals surface area contributed by atoms with Gasteiger partial charge in [-0.15, -0.1) is 0 Å². The number of nitrogens with two attached hydrogens (primary N) is 1. The van der Waals surface area contributed by atoms with Crippen LogP contribution in [0.4, 0.5) is 0 Å². The van der Waals surface area contributed by atoms with E-state index in [4.69, 9.17) is 5.73 Å². The molecule has 0 fully saturated rings. The van der Waals surface area contributed by atoms with Gasteiger partial charge in [0.1, 0.15) is 0 Å². The van der Waals surface area contributed by atoms with Crippen molar-refractivity contribution >= 4 is 0 Å². The van der Waals surface area contributed by atoms with E-state index in [-0.39, 0.29) is 0 Å². The molecule has 1 nitrogen and oxygen atoms in total. The summed E-state index contributed by atoms with van der Waals surface area (Å²) in [6.07, 6.45) is 3.37. The van der Waals surface area contributed by atoms with Crippen LogP contribution in [-0.4, -0.2) is 6.04 Å². The Kier molecular flexibility index (Phi) is 5.01. The number of aryl methyl sites for hydroxylation is 2. The average Bonchev–Trinajstić information content (AvgIpc) is 2.21. The van der Waals surface area contributed by atoms with Crippen molar-refractivity contribution in [2.24, 2.45) is 11.7 Å². The average molecular weight is 219 g/mol. The summed E-state index contributed by atoms with van der Waals surface area (Å²) in [6.45, 7) is 8.82. The van der Waals surface area contributed by atoms with Gasteiger partial charge in [0.2, 0.25) is 0 Å². The molecule has 0 heterocycles. The van der Waals surface area contributed by atoms with E-state index in [1.165, 1.54) is 23.1 Å². The molecule has 1 rings (SSSR count). The quantitative estimate of drug-likeness (QED) is 0.804. The molecule has 0 spiro atoms. The van der Waals surface area contributed by atoms with Gasteiger partial charge >= 0.3 is 0 Å². The van der Waals surface area contributed by atoms with Crippen molar-refractivity contribution in [1.29, 1.82) is 0 Å². The Bertz CT molecular complexity index is 328. The lowest BCUT2D eigenvalue weighted by Gasteiger charge is -2.14. The van der Waals surface area contributed by atoms with Crippen LogP contribution in [0.15, 0.2) is 18.2 Å². The van der Waals surface area contributed by atoms with Crippen molar-refractivity contribution < 1.29 is 0 Å². The molecule has 0 aromatic heterocycles. The van der Waals surface area contributed by atoms with Crippen LogP contribution in [0.5, 0.6) is 0 Å². The van der Waals surface area contributed by atoms with Crippen LogP contribution in [0.25, 0.3) is 0 Å². The summed E-state index contributed by atoms with van der Waals surface area (Å²) in [7, 11) is 0. The number of rotatable bonds is 5.